The average molecular weight is 174 g/mol. The molecule has 0 heterocycles. The van der Waals surface area contributed by atoms with Gasteiger partial charge >= 0.3 is 0 Å². The SMILES string of the molecule is CC(C)(C)CC1=CCCC1(F)F. The lowest BCUT2D eigenvalue weighted by Crippen LogP contribution is -2.19. The van der Waals surface area contributed by atoms with Crippen LogP contribution in [-0.2, 0) is 0 Å². The van der Waals surface area contributed by atoms with E-state index in [0.29, 0.717) is 18.4 Å². The molecule has 0 aromatic carbocycles. The lowest BCUT2D eigenvalue weighted by Gasteiger charge is -2.22. The van der Waals surface area contributed by atoms with Crippen molar-refractivity contribution in [2.45, 2.75) is 46.0 Å². The van der Waals surface area contributed by atoms with Crippen LogP contribution in [0.4, 0.5) is 8.78 Å². The summed E-state index contributed by atoms with van der Waals surface area (Å²) in [5.74, 6) is -2.52. The number of hydrogen-bond donors (Lipinski definition) is 0. The van der Waals surface area contributed by atoms with Crippen LogP contribution in [-0.4, -0.2) is 5.92 Å². The van der Waals surface area contributed by atoms with Crippen molar-refractivity contribution in [3.05, 3.63) is 11.6 Å². The van der Waals surface area contributed by atoms with Gasteiger partial charge in [0, 0.05) is 6.42 Å². The Balaban J connectivity index is 2.65. The van der Waals surface area contributed by atoms with Crippen LogP contribution in [0.3, 0.4) is 0 Å². The molecule has 0 radical (unpaired) electrons. The third kappa shape index (κ3) is 2.29. The van der Waals surface area contributed by atoms with Gasteiger partial charge in [0.1, 0.15) is 0 Å². The molecule has 70 valence electrons. The monoisotopic (exact) mass is 174 g/mol. The highest BCUT2D eigenvalue weighted by molar-refractivity contribution is 5.19. The minimum atomic E-state index is -2.52. The molecule has 0 bridgehead atoms. The van der Waals surface area contributed by atoms with Crippen LogP contribution in [0, 0.1) is 5.41 Å². The van der Waals surface area contributed by atoms with Crippen molar-refractivity contribution < 1.29 is 8.78 Å². The molecule has 0 spiro atoms. The summed E-state index contributed by atoms with van der Waals surface area (Å²) in [5, 5.41) is 0. The van der Waals surface area contributed by atoms with Crippen LogP contribution in [0.15, 0.2) is 11.6 Å². The maximum Gasteiger partial charge on any atom is 0.269 e. The van der Waals surface area contributed by atoms with Crippen LogP contribution < -0.4 is 0 Å². The largest absolute Gasteiger partial charge is 0.269 e. The van der Waals surface area contributed by atoms with E-state index in [1.165, 1.54) is 0 Å². The van der Waals surface area contributed by atoms with Gasteiger partial charge in [-0.05, 0) is 23.8 Å². The highest BCUT2D eigenvalue weighted by atomic mass is 19.3. The first-order valence-corrected chi connectivity index (χ1v) is 4.39. The fourth-order valence-electron chi connectivity index (χ4n) is 1.51. The molecule has 1 aliphatic rings. The molecule has 0 atom stereocenters. The summed E-state index contributed by atoms with van der Waals surface area (Å²) in [6.45, 7) is 5.96. The van der Waals surface area contributed by atoms with E-state index >= 15 is 0 Å². The summed E-state index contributed by atoms with van der Waals surface area (Å²) >= 11 is 0. The quantitative estimate of drug-likeness (QED) is 0.531. The molecule has 0 nitrogen and oxygen atoms in total. The zero-order valence-electron chi connectivity index (χ0n) is 7.95. The third-order valence-corrected chi connectivity index (χ3v) is 2.04. The number of alkyl halides is 2. The second kappa shape index (κ2) is 2.82. The normalized spacial score (nSPS) is 22.6. The Labute approximate surface area is 72.7 Å². The Hall–Kier alpha value is -0.400. The average Bonchev–Trinajstić information content (AvgIpc) is 2.07. The van der Waals surface area contributed by atoms with Gasteiger partial charge in [0.05, 0.1) is 0 Å². The maximum absolute atomic E-state index is 13.1. The number of hydrogen-bond acceptors (Lipinski definition) is 0. The summed E-state index contributed by atoms with van der Waals surface area (Å²) in [6.07, 6.45) is 2.77. The van der Waals surface area contributed by atoms with Gasteiger partial charge < -0.3 is 0 Å². The molecule has 0 unspecified atom stereocenters. The van der Waals surface area contributed by atoms with E-state index in [1.54, 1.807) is 6.08 Å². The molecule has 0 aliphatic heterocycles. The van der Waals surface area contributed by atoms with Gasteiger partial charge in [0.2, 0.25) is 0 Å². The van der Waals surface area contributed by atoms with E-state index in [1.807, 2.05) is 20.8 Å². The van der Waals surface area contributed by atoms with E-state index in [2.05, 4.69) is 0 Å². The van der Waals surface area contributed by atoms with Gasteiger partial charge in [-0.1, -0.05) is 26.8 Å². The van der Waals surface area contributed by atoms with Gasteiger partial charge in [0.15, 0.2) is 0 Å². The third-order valence-electron chi connectivity index (χ3n) is 2.04. The van der Waals surface area contributed by atoms with Crippen molar-refractivity contribution in [2.24, 2.45) is 5.41 Å². The molecule has 0 amide bonds. The Kier molecular flexibility index (Phi) is 2.28. The van der Waals surface area contributed by atoms with E-state index in [0.717, 1.165) is 0 Å². The van der Waals surface area contributed by atoms with E-state index in [-0.39, 0.29) is 11.8 Å². The zero-order valence-corrected chi connectivity index (χ0v) is 7.95. The second-order valence-corrected chi connectivity index (χ2v) is 4.71. The first-order valence-electron chi connectivity index (χ1n) is 4.39. The van der Waals surface area contributed by atoms with Gasteiger partial charge in [-0.2, -0.15) is 0 Å². The highest BCUT2D eigenvalue weighted by Gasteiger charge is 2.38. The summed E-state index contributed by atoms with van der Waals surface area (Å²) in [4.78, 5) is 0. The predicted octanol–water partition coefficient (Wildman–Crippen LogP) is 3.78. The smallest absolute Gasteiger partial charge is 0.202 e. The van der Waals surface area contributed by atoms with Gasteiger partial charge in [0.25, 0.3) is 5.92 Å². The Morgan fingerprint density at radius 3 is 2.33 bits per heavy atom. The van der Waals surface area contributed by atoms with Crippen LogP contribution >= 0.6 is 0 Å². The van der Waals surface area contributed by atoms with Crippen LogP contribution in [0.25, 0.3) is 0 Å². The number of rotatable bonds is 1. The fraction of sp³-hybridized carbons (Fsp3) is 0.800. The molecule has 12 heavy (non-hydrogen) atoms. The topological polar surface area (TPSA) is 0 Å². The molecule has 0 fully saturated rings. The Morgan fingerprint density at radius 2 is 2.00 bits per heavy atom. The minimum Gasteiger partial charge on any atom is -0.202 e. The summed E-state index contributed by atoms with van der Waals surface area (Å²) < 4.78 is 26.1. The molecule has 0 aromatic rings. The van der Waals surface area contributed by atoms with E-state index in [9.17, 15) is 8.78 Å². The summed E-state index contributed by atoms with van der Waals surface area (Å²) in [5.41, 5.74) is 0.314. The number of halogens is 2. The van der Waals surface area contributed by atoms with Gasteiger partial charge in [-0.15, -0.1) is 0 Å². The summed E-state index contributed by atoms with van der Waals surface area (Å²) in [7, 11) is 0. The molecule has 0 saturated heterocycles. The zero-order chi connectivity index (χ0) is 9.41. The fourth-order valence-corrected chi connectivity index (χ4v) is 1.51. The minimum absolute atomic E-state index is 0.0123. The van der Waals surface area contributed by atoms with Crippen LogP contribution in [0.1, 0.15) is 40.0 Å². The van der Waals surface area contributed by atoms with Crippen LogP contribution in [0.2, 0.25) is 0 Å². The highest BCUT2D eigenvalue weighted by Crippen LogP contribution is 2.41. The van der Waals surface area contributed by atoms with Gasteiger partial charge in [-0.25, -0.2) is 8.78 Å². The van der Waals surface area contributed by atoms with Gasteiger partial charge in [-0.3, -0.25) is 0 Å². The first-order chi connectivity index (χ1) is 5.31. The molecular weight excluding hydrogens is 158 g/mol. The van der Waals surface area contributed by atoms with E-state index in [4.69, 9.17) is 0 Å². The van der Waals surface area contributed by atoms with Crippen molar-refractivity contribution in [1.29, 1.82) is 0 Å². The number of allylic oxidation sites excluding steroid dienone is 2. The van der Waals surface area contributed by atoms with Crippen molar-refractivity contribution in [3.63, 3.8) is 0 Å². The standard InChI is InChI=1S/C10H16F2/c1-9(2,3)7-8-5-4-6-10(8,11)12/h5H,4,6-7H2,1-3H3. The lowest BCUT2D eigenvalue weighted by atomic mass is 9.87. The summed E-state index contributed by atoms with van der Waals surface area (Å²) in [6, 6.07) is 0. The van der Waals surface area contributed by atoms with E-state index < -0.39 is 5.92 Å². The first kappa shape index (κ1) is 9.69. The van der Waals surface area contributed by atoms with Crippen molar-refractivity contribution in [2.75, 3.05) is 0 Å². The van der Waals surface area contributed by atoms with Crippen molar-refractivity contribution >= 4 is 0 Å². The van der Waals surface area contributed by atoms with Crippen molar-refractivity contribution in [3.8, 4) is 0 Å². The Bertz CT molecular complexity index is 196. The predicted molar refractivity (Wildman–Crippen MR) is 46.3 cm³/mol. The molecular formula is C10H16F2. The van der Waals surface area contributed by atoms with Crippen LogP contribution in [0.5, 0.6) is 0 Å². The van der Waals surface area contributed by atoms with Crippen molar-refractivity contribution in [1.82, 2.24) is 0 Å². The molecule has 0 N–H and O–H groups in total. The lowest BCUT2D eigenvalue weighted by molar-refractivity contribution is 0.0353. The molecule has 1 aliphatic carbocycles. The second-order valence-electron chi connectivity index (χ2n) is 4.71. The molecule has 1 rings (SSSR count). The Morgan fingerprint density at radius 1 is 1.42 bits per heavy atom. The molecule has 0 saturated carbocycles. The molecule has 0 aromatic heterocycles. The maximum atomic E-state index is 13.1. The molecule has 2 heteroatoms.